The molecule has 0 aliphatic rings. The van der Waals surface area contributed by atoms with Crippen LogP contribution in [0.4, 0.5) is 0 Å². The van der Waals surface area contributed by atoms with Crippen LogP contribution in [0.2, 0.25) is 5.02 Å². The number of carboxylic acids is 1. The Morgan fingerprint density at radius 1 is 1.24 bits per heavy atom. The van der Waals surface area contributed by atoms with Crippen molar-refractivity contribution in [1.82, 2.24) is 14.7 Å². The van der Waals surface area contributed by atoms with E-state index < -0.39 is 17.9 Å². The standard InChI is InChI=1S/C18H16ClN3O3/c1-11-16(22-10-13(19)7-8-15(22)20-11)17(23)21-14(18(24)25)9-12-5-3-2-4-6-12/h2-8,10,14H,9H2,1H3,(H,21,23)(H,24,25). The molecule has 0 fully saturated rings. The predicted molar refractivity (Wildman–Crippen MR) is 94.0 cm³/mol. The van der Waals surface area contributed by atoms with Crippen molar-refractivity contribution < 1.29 is 14.7 Å². The maximum absolute atomic E-state index is 12.7. The summed E-state index contributed by atoms with van der Waals surface area (Å²) in [7, 11) is 0. The van der Waals surface area contributed by atoms with Gasteiger partial charge in [0.1, 0.15) is 17.4 Å². The Morgan fingerprint density at radius 3 is 2.64 bits per heavy atom. The van der Waals surface area contributed by atoms with Crippen LogP contribution in [0.15, 0.2) is 48.7 Å². The van der Waals surface area contributed by atoms with Crippen molar-refractivity contribution in [3.05, 3.63) is 70.6 Å². The molecule has 6 nitrogen and oxygen atoms in total. The van der Waals surface area contributed by atoms with E-state index in [0.717, 1.165) is 5.56 Å². The molecule has 0 radical (unpaired) electrons. The molecule has 0 spiro atoms. The lowest BCUT2D eigenvalue weighted by molar-refractivity contribution is -0.139. The van der Waals surface area contributed by atoms with Crippen LogP contribution in [0.3, 0.4) is 0 Å². The number of aromatic nitrogens is 2. The van der Waals surface area contributed by atoms with Gasteiger partial charge in [-0.1, -0.05) is 41.9 Å². The molecule has 3 aromatic rings. The lowest BCUT2D eigenvalue weighted by Crippen LogP contribution is -2.42. The number of aliphatic carboxylic acids is 1. The van der Waals surface area contributed by atoms with E-state index in [4.69, 9.17) is 11.6 Å². The van der Waals surface area contributed by atoms with Gasteiger partial charge in [-0.3, -0.25) is 9.20 Å². The molecule has 7 heteroatoms. The minimum atomic E-state index is -1.10. The second-order valence-electron chi connectivity index (χ2n) is 5.68. The van der Waals surface area contributed by atoms with Crippen LogP contribution in [-0.2, 0) is 11.2 Å². The maximum atomic E-state index is 12.7. The van der Waals surface area contributed by atoms with Gasteiger partial charge >= 0.3 is 5.97 Å². The number of nitrogens with zero attached hydrogens (tertiary/aromatic N) is 2. The highest BCUT2D eigenvalue weighted by molar-refractivity contribution is 6.30. The number of nitrogens with one attached hydrogen (secondary N) is 1. The number of benzene rings is 1. The summed E-state index contributed by atoms with van der Waals surface area (Å²) in [6.45, 7) is 1.70. The first-order valence-corrected chi connectivity index (χ1v) is 8.05. The van der Waals surface area contributed by atoms with Crippen LogP contribution in [0.5, 0.6) is 0 Å². The summed E-state index contributed by atoms with van der Waals surface area (Å²) in [5.74, 6) is -1.60. The van der Waals surface area contributed by atoms with Gasteiger partial charge < -0.3 is 10.4 Å². The van der Waals surface area contributed by atoms with Gasteiger partial charge in [-0.15, -0.1) is 0 Å². The van der Waals surface area contributed by atoms with E-state index in [0.29, 0.717) is 16.4 Å². The summed E-state index contributed by atoms with van der Waals surface area (Å²) in [6, 6.07) is 11.5. The quantitative estimate of drug-likeness (QED) is 0.735. The number of carbonyl (C=O) groups is 2. The lowest BCUT2D eigenvalue weighted by Gasteiger charge is -2.15. The first kappa shape index (κ1) is 17.0. The number of aryl methyl sites for hydroxylation is 1. The minimum absolute atomic E-state index is 0.193. The monoisotopic (exact) mass is 357 g/mol. The molecule has 2 N–H and O–H groups in total. The Morgan fingerprint density at radius 2 is 1.96 bits per heavy atom. The zero-order valence-electron chi connectivity index (χ0n) is 13.4. The van der Waals surface area contributed by atoms with Crippen molar-refractivity contribution in [2.45, 2.75) is 19.4 Å². The predicted octanol–water partition coefficient (Wildman–Crippen LogP) is 2.72. The van der Waals surface area contributed by atoms with Crippen molar-refractivity contribution in [3.63, 3.8) is 0 Å². The van der Waals surface area contributed by atoms with E-state index in [1.54, 1.807) is 29.7 Å². The number of hydrogen-bond donors (Lipinski definition) is 2. The highest BCUT2D eigenvalue weighted by Gasteiger charge is 2.24. The van der Waals surface area contributed by atoms with Crippen LogP contribution in [-0.4, -0.2) is 32.4 Å². The third-order valence-electron chi connectivity index (χ3n) is 3.86. The molecule has 2 aromatic heterocycles. The molecular weight excluding hydrogens is 342 g/mol. The zero-order valence-corrected chi connectivity index (χ0v) is 14.2. The Kier molecular flexibility index (Phi) is 4.72. The molecule has 25 heavy (non-hydrogen) atoms. The smallest absolute Gasteiger partial charge is 0.326 e. The zero-order chi connectivity index (χ0) is 18.0. The van der Waals surface area contributed by atoms with E-state index in [9.17, 15) is 14.7 Å². The number of rotatable bonds is 5. The van der Waals surface area contributed by atoms with Crippen LogP contribution in [0.1, 0.15) is 21.7 Å². The van der Waals surface area contributed by atoms with Gasteiger partial charge in [0, 0.05) is 12.6 Å². The molecule has 0 saturated carbocycles. The second-order valence-corrected chi connectivity index (χ2v) is 6.11. The Bertz CT molecular complexity index is 937. The van der Waals surface area contributed by atoms with E-state index in [1.165, 1.54) is 0 Å². The van der Waals surface area contributed by atoms with Crippen LogP contribution >= 0.6 is 11.6 Å². The van der Waals surface area contributed by atoms with Crippen molar-refractivity contribution in [2.24, 2.45) is 0 Å². The molecule has 0 aliphatic carbocycles. The molecule has 1 unspecified atom stereocenters. The van der Waals surface area contributed by atoms with Crippen molar-refractivity contribution in [1.29, 1.82) is 0 Å². The average Bonchev–Trinajstić information content (AvgIpc) is 2.90. The van der Waals surface area contributed by atoms with E-state index in [-0.39, 0.29) is 12.1 Å². The van der Waals surface area contributed by atoms with Crippen molar-refractivity contribution >= 4 is 29.1 Å². The van der Waals surface area contributed by atoms with Gasteiger partial charge in [-0.25, -0.2) is 9.78 Å². The van der Waals surface area contributed by atoms with Crippen LogP contribution < -0.4 is 5.32 Å². The van der Waals surface area contributed by atoms with Gasteiger partial charge in [-0.2, -0.15) is 0 Å². The first-order valence-electron chi connectivity index (χ1n) is 7.67. The number of carboxylic acid groups (broad SMARTS) is 1. The number of pyridine rings is 1. The summed E-state index contributed by atoms with van der Waals surface area (Å²) in [5.41, 5.74) is 2.18. The van der Waals surface area contributed by atoms with Gasteiger partial charge in [0.05, 0.1) is 10.7 Å². The number of hydrogen-bond acceptors (Lipinski definition) is 3. The highest BCUT2D eigenvalue weighted by Crippen LogP contribution is 2.16. The van der Waals surface area contributed by atoms with E-state index >= 15 is 0 Å². The Labute approximate surface area is 149 Å². The normalized spacial score (nSPS) is 12.1. The van der Waals surface area contributed by atoms with Gasteiger partial charge in [0.2, 0.25) is 0 Å². The van der Waals surface area contributed by atoms with Gasteiger partial charge in [-0.05, 0) is 24.6 Å². The number of amides is 1. The van der Waals surface area contributed by atoms with Gasteiger partial charge in [0.25, 0.3) is 5.91 Å². The second kappa shape index (κ2) is 6.94. The number of fused-ring (bicyclic) bond motifs is 1. The number of halogens is 1. The number of carbonyl (C=O) groups excluding carboxylic acids is 1. The Hall–Kier alpha value is -2.86. The SMILES string of the molecule is Cc1nc2ccc(Cl)cn2c1C(=O)NC(Cc1ccccc1)C(=O)O. The summed E-state index contributed by atoms with van der Waals surface area (Å²) in [6.07, 6.45) is 1.78. The van der Waals surface area contributed by atoms with Crippen molar-refractivity contribution in [2.75, 3.05) is 0 Å². The molecule has 0 aliphatic heterocycles. The fraction of sp³-hybridized carbons (Fsp3) is 0.167. The molecule has 2 heterocycles. The number of imidazole rings is 1. The van der Waals surface area contributed by atoms with Gasteiger partial charge in [0.15, 0.2) is 0 Å². The van der Waals surface area contributed by atoms with Crippen molar-refractivity contribution in [3.8, 4) is 0 Å². The molecule has 0 saturated heterocycles. The third kappa shape index (κ3) is 3.64. The summed E-state index contributed by atoms with van der Waals surface area (Å²) >= 11 is 5.99. The molecule has 3 rings (SSSR count). The molecule has 1 amide bonds. The summed E-state index contributed by atoms with van der Waals surface area (Å²) in [4.78, 5) is 28.5. The van der Waals surface area contributed by atoms with E-state index in [2.05, 4.69) is 10.3 Å². The maximum Gasteiger partial charge on any atom is 0.326 e. The van der Waals surface area contributed by atoms with Crippen LogP contribution in [0, 0.1) is 6.92 Å². The molecule has 1 aromatic carbocycles. The molecule has 128 valence electrons. The fourth-order valence-electron chi connectivity index (χ4n) is 2.69. The summed E-state index contributed by atoms with van der Waals surface area (Å²) in [5, 5.41) is 12.5. The van der Waals surface area contributed by atoms with Crippen LogP contribution in [0.25, 0.3) is 5.65 Å². The first-order chi connectivity index (χ1) is 12.0. The molecule has 1 atom stereocenters. The topological polar surface area (TPSA) is 83.7 Å². The highest BCUT2D eigenvalue weighted by atomic mass is 35.5. The lowest BCUT2D eigenvalue weighted by atomic mass is 10.1. The summed E-state index contributed by atoms with van der Waals surface area (Å²) < 4.78 is 1.56. The fourth-order valence-corrected chi connectivity index (χ4v) is 2.85. The molecular formula is C18H16ClN3O3. The minimum Gasteiger partial charge on any atom is -0.480 e. The average molecular weight is 358 g/mol. The molecule has 0 bridgehead atoms. The third-order valence-corrected chi connectivity index (χ3v) is 4.08. The van der Waals surface area contributed by atoms with E-state index in [1.807, 2.05) is 30.3 Å². The largest absolute Gasteiger partial charge is 0.480 e. The Balaban J connectivity index is 1.88.